The minimum absolute atomic E-state index is 0.446. The molecule has 0 spiro atoms. The summed E-state index contributed by atoms with van der Waals surface area (Å²) in [6, 6.07) is 4.73. The molecular formula is C14H21N3. The summed E-state index contributed by atoms with van der Waals surface area (Å²) in [6.45, 7) is 5.47. The van der Waals surface area contributed by atoms with Crippen molar-refractivity contribution in [2.75, 3.05) is 13.1 Å². The molecule has 3 unspecified atom stereocenters. The molecule has 2 aliphatic rings. The Balaban J connectivity index is 1.62. The van der Waals surface area contributed by atoms with Gasteiger partial charge >= 0.3 is 0 Å². The third-order valence-electron chi connectivity index (χ3n) is 4.37. The number of hydrogen-bond acceptors (Lipinski definition) is 3. The Morgan fingerprint density at radius 2 is 2.24 bits per heavy atom. The van der Waals surface area contributed by atoms with Gasteiger partial charge in [-0.1, -0.05) is 6.07 Å². The summed E-state index contributed by atoms with van der Waals surface area (Å²) in [4.78, 5) is 6.90. The minimum Gasteiger partial charge on any atom is -0.327 e. The lowest BCUT2D eigenvalue weighted by atomic mass is 9.98. The number of pyridine rings is 1. The van der Waals surface area contributed by atoms with Crippen LogP contribution in [0.15, 0.2) is 18.3 Å². The van der Waals surface area contributed by atoms with Gasteiger partial charge in [0.15, 0.2) is 0 Å². The van der Waals surface area contributed by atoms with Gasteiger partial charge in [-0.3, -0.25) is 9.88 Å². The average Bonchev–Trinajstić information content (AvgIpc) is 2.85. The maximum absolute atomic E-state index is 6.16. The average molecular weight is 231 g/mol. The standard InChI is InChI=1S/C14H21N3/c1-10-2-3-11(6-16-10)7-17-8-12-4-5-14(15)13(12)9-17/h2-3,6,12-14H,4-5,7-9,15H2,1H3. The molecule has 1 aliphatic heterocycles. The zero-order valence-electron chi connectivity index (χ0n) is 10.5. The number of likely N-dealkylation sites (tertiary alicyclic amines) is 1. The van der Waals surface area contributed by atoms with Gasteiger partial charge in [-0.05, 0) is 43.2 Å². The SMILES string of the molecule is Cc1ccc(CN2CC3CCC(N)C3C2)cn1. The van der Waals surface area contributed by atoms with Gasteiger partial charge in [0.2, 0.25) is 0 Å². The van der Waals surface area contributed by atoms with Gasteiger partial charge in [-0.25, -0.2) is 0 Å². The predicted molar refractivity (Wildman–Crippen MR) is 68.4 cm³/mol. The van der Waals surface area contributed by atoms with E-state index in [0.29, 0.717) is 6.04 Å². The summed E-state index contributed by atoms with van der Waals surface area (Å²) < 4.78 is 0. The maximum atomic E-state index is 6.16. The van der Waals surface area contributed by atoms with Crippen molar-refractivity contribution in [2.45, 2.75) is 32.4 Å². The first kappa shape index (κ1) is 11.2. The monoisotopic (exact) mass is 231 g/mol. The van der Waals surface area contributed by atoms with Crippen LogP contribution in [0.5, 0.6) is 0 Å². The van der Waals surface area contributed by atoms with Crippen LogP contribution < -0.4 is 5.73 Å². The molecule has 0 aromatic carbocycles. The third-order valence-corrected chi connectivity index (χ3v) is 4.37. The summed E-state index contributed by atoms with van der Waals surface area (Å²) in [5, 5.41) is 0. The molecule has 1 aromatic heterocycles. The number of aryl methyl sites for hydroxylation is 1. The van der Waals surface area contributed by atoms with Crippen LogP contribution >= 0.6 is 0 Å². The molecule has 0 bridgehead atoms. The summed E-state index contributed by atoms with van der Waals surface area (Å²) in [7, 11) is 0. The van der Waals surface area contributed by atoms with Crippen LogP contribution in [-0.4, -0.2) is 29.0 Å². The lowest BCUT2D eigenvalue weighted by Crippen LogP contribution is -2.30. The topological polar surface area (TPSA) is 42.1 Å². The highest BCUT2D eigenvalue weighted by Gasteiger charge is 2.40. The smallest absolute Gasteiger partial charge is 0.0372 e. The third kappa shape index (κ3) is 2.22. The predicted octanol–water partition coefficient (Wildman–Crippen LogP) is 1.56. The summed E-state index contributed by atoms with van der Waals surface area (Å²) >= 11 is 0. The van der Waals surface area contributed by atoms with E-state index in [2.05, 4.69) is 22.0 Å². The quantitative estimate of drug-likeness (QED) is 0.840. The first-order valence-electron chi connectivity index (χ1n) is 6.62. The van der Waals surface area contributed by atoms with E-state index < -0.39 is 0 Å². The van der Waals surface area contributed by atoms with E-state index >= 15 is 0 Å². The van der Waals surface area contributed by atoms with Crippen molar-refractivity contribution in [2.24, 2.45) is 17.6 Å². The van der Waals surface area contributed by atoms with Crippen molar-refractivity contribution in [1.29, 1.82) is 0 Å². The number of aromatic nitrogens is 1. The molecule has 1 saturated carbocycles. The Morgan fingerprint density at radius 3 is 2.94 bits per heavy atom. The maximum Gasteiger partial charge on any atom is 0.0372 e. The van der Waals surface area contributed by atoms with Gasteiger partial charge in [0.25, 0.3) is 0 Å². The van der Waals surface area contributed by atoms with E-state index in [1.807, 2.05) is 13.1 Å². The van der Waals surface area contributed by atoms with Gasteiger partial charge in [0.05, 0.1) is 0 Å². The Bertz CT molecular complexity index is 387. The molecule has 3 heteroatoms. The van der Waals surface area contributed by atoms with E-state index in [-0.39, 0.29) is 0 Å². The van der Waals surface area contributed by atoms with Crippen molar-refractivity contribution in [1.82, 2.24) is 9.88 Å². The van der Waals surface area contributed by atoms with Crippen molar-refractivity contribution >= 4 is 0 Å². The van der Waals surface area contributed by atoms with Crippen LogP contribution in [0, 0.1) is 18.8 Å². The molecule has 1 aromatic rings. The van der Waals surface area contributed by atoms with Crippen LogP contribution in [0.1, 0.15) is 24.1 Å². The summed E-state index contributed by atoms with van der Waals surface area (Å²) in [5.74, 6) is 1.59. The first-order valence-corrected chi connectivity index (χ1v) is 6.62. The van der Waals surface area contributed by atoms with E-state index in [0.717, 1.165) is 24.1 Å². The fraction of sp³-hybridized carbons (Fsp3) is 0.643. The van der Waals surface area contributed by atoms with Crippen LogP contribution in [0.2, 0.25) is 0 Å². The molecule has 92 valence electrons. The molecule has 1 aliphatic carbocycles. The fourth-order valence-electron chi connectivity index (χ4n) is 3.38. The first-order chi connectivity index (χ1) is 8.22. The van der Waals surface area contributed by atoms with Crippen LogP contribution in [-0.2, 0) is 6.54 Å². The molecule has 1 saturated heterocycles. The van der Waals surface area contributed by atoms with Gasteiger partial charge < -0.3 is 5.73 Å². The van der Waals surface area contributed by atoms with Crippen molar-refractivity contribution in [3.8, 4) is 0 Å². The van der Waals surface area contributed by atoms with E-state index in [1.165, 1.54) is 31.5 Å². The normalized spacial score (nSPS) is 32.9. The van der Waals surface area contributed by atoms with Crippen molar-refractivity contribution in [3.63, 3.8) is 0 Å². The van der Waals surface area contributed by atoms with Gasteiger partial charge in [0.1, 0.15) is 0 Å². The second-order valence-corrected chi connectivity index (χ2v) is 5.67. The number of nitrogens with two attached hydrogens (primary N) is 1. The highest BCUT2D eigenvalue weighted by Crippen LogP contribution is 2.37. The molecular weight excluding hydrogens is 210 g/mol. The number of nitrogens with zero attached hydrogens (tertiary/aromatic N) is 2. The van der Waals surface area contributed by atoms with Crippen LogP contribution in [0.25, 0.3) is 0 Å². The molecule has 3 atom stereocenters. The largest absolute Gasteiger partial charge is 0.327 e. The number of fused-ring (bicyclic) bond motifs is 1. The Kier molecular flexibility index (Phi) is 2.89. The lowest BCUT2D eigenvalue weighted by molar-refractivity contribution is 0.298. The summed E-state index contributed by atoms with van der Waals surface area (Å²) in [6.07, 6.45) is 4.56. The van der Waals surface area contributed by atoms with E-state index in [4.69, 9.17) is 5.73 Å². The van der Waals surface area contributed by atoms with Gasteiger partial charge in [-0.2, -0.15) is 0 Å². The van der Waals surface area contributed by atoms with Gasteiger partial charge in [0, 0.05) is 37.6 Å². The van der Waals surface area contributed by atoms with E-state index in [1.54, 1.807) is 0 Å². The highest BCUT2D eigenvalue weighted by molar-refractivity contribution is 5.13. The molecule has 0 amide bonds. The molecule has 0 radical (unpaired) electrons. The van der Waals surface area contributed by atoms with Gasteiger partial charge in [-0.15, -0.1) is 0 Å². The second-order valence-electron chi connectivity index (χ2n) is 5.67. The van der Waals surface area contributed by atoms with Crippen LogP contribution in [0.3, 0.4) is 0 Å². The molecule has 3 rings (SSSR count). The minimum atomic E-state index is 0.446. The lowest BCUT2D eigenvalue weighted by Gasteiger charge is -2.18. The van der Waals surface area contributed by atoms with Crippen molar-refractivity contribution < 1.29 is 0 Å². The molecule has 17 heavy (non-hydrogen) atoms. The molecule has 2 heterocycles. The highest BCUT2D eigenvalue weighted by atomic mass is 15.2. The Labute approximate surface area is 103 Å². The Hall–Kier alpha value is -0.930. The Morgan fingerprint density at radius 1 is 1.35 bits per heavy atom. The summed E-state index contributed by atoms with van der Waals surface area (Å²) in [5.41, 5.74) is 8.57. The fourth-order valence-corrected chi connectivity index (χ4v) is 3.38. The van der Waals surface area contributed by atoms with Crippen molar-refractivity contribution in [3.05, 3.63) is 29.6 Å². The molecule has 2 N–H and O–H groups in total. The molecule has 3 nitrogen and oxygen atoms in total. The second kappa shape index (κ2) is 4.39. The number of hydrogen-bond donors (Lipinski definition) is 1. The zero-order chi connectivity index (χ0) is 11.8. The van der Waals surface area contributed by atoms with Crippen LogP contribution in [0.4, 0.5) is 0 Å². The van der Waals surface area contributed by atoms with E-state index in [9.17, 15) is 0 Å². The molecule has 2 fully saturated rings. The number of rotatable bonds is 2. The zero-order valence-corrected chi connectivity index (χ0v) is 10.5.